The van der Waals surface area contributed by atoms with Crippen LogP contribution in [0.2, 0.25) is 0 Å². The van der Waals surface area contributed by atoms with Crippen LogP contribution in [0, 0.1) is 0 Å². The Kier molecular flexibility index (Phi) is 2.40. The predicted octanol–water partition coefficient (Wildman–Crippen LogP) is -0.901. The third-order valence-corrected chi connectivity index (χ3v) is 1.10. The van der Waals surface area contributed by atoms with Gasteiger partial charge in [-0.25, -0.2) is 5.84 Å². The molecule has 0 radical (unpaired) electrons. The van der Waals surface area contributed by atoms with Crippen LogP contribution in [0.3, 0.4) is 0 Å². The summed E-state index contributed by atoms with van der Waals surface area (Å²) in [7, 11) is 3.45. The van der Waals surface area contributed by atoms with E-state index < -0.39 is 0 Å². The van der Waals surface area contributed by atoms with Crippen molar-refractivity contribution in [1.82, 2.24) is 15.5 Å². The average molecular weight is 157 g/mol. The highest BCUT2D eigenvalue weighted by molar-refractivity contribution is 5.21. The highest BCUT2D eigenvalue weighted by Gasteiger charge is 2.05. The van der Waals surface area contributed by atoms with E-state index in [2.05, 4.69) is 15.5 Å². The number of nitrogens with two attached hydrogens (primary N) is 1. The van der Waals surface area contributed by atoms with Gasteiger partial charge < -0.3 is 9.84 Å². The van der Waals surface area contributed by atoms with Gasteiger partial charge in [-0.1, -0.05) is 0 Å². The van der Waals surface area contributed by atoms with E-state index in [1.165, 1.54) is 5.01 Å². The molecule has 0 saturated heterocycles. The summed E-state index contributed by atoms with van der Waals surface area (Å²) in [6.45, 7) is 0.556. The van der Waals surface area contributed by atoms with Crippen LogP contribution in [0.15, 0.2) is 4.52 Å². The Balaban J connectivity index is 2.66. The molecule has 6 nitrogen and oxygen atoms in total. The number of hydrazine groups is 1. The largest absolute Gasteiger partial charge is 0.336 e. The third-order valence-electron chi connectivity index (χ3n) is 1.10. The van der Waals surface area contributed by atoms with Gasteiger partial charge in [-0.3, -0.25) is 5.01 Å². The van der Waals surface area contributed by atoms with E-state index in [1.807, 2.05) is 0 Å². The fourth-order valence-corrected chi connectivity index (χ4v) is 0.612. The summed E-state index contributed by atoms with van der Waals surface area (Å²) >= 11 is 0. The molecule has 0 unspecified atom stereocenters. The maximum absolute atomic E-state index is 5.35. The minimum atomic E-state index is 0.384. The second kappa shape index (κ2) is 3.31. The maximum atomic E-state index is 5.35. The molecule has 3 N–H and O–H groups in total. The number of anilines is 1. The van der Waals surface area contributed by atoms with Crippen LogP contribution in [0.5, 0.6) is 0 Å². The molecule has 0 amide bonds. The Bertz CT molecular complexity index is 220. The molecular weight excluding hydrogens is 146 g/mol. The van der Waals surface area contributed by atoms with Gasteiger partial charge in [0.05, 0.1) is 6.54 Å². The minimum Gasteiger partial charge on any atom is -0.336 e. The van der Waals surface area contributed by atoms with Crippen LogP contribution in [0.1, 0.15) is 5.89 Å². The third kappa shape index (κ3) is 1.89. The Labute approximate surface area is 64.3 Å². The van der Waals surface area contributed by atoms with Crippen molar-refractivity contribution in [2.24, 2.45) is 5.84 Å². The van der Waals surface area contributed by atoms with Crippen molar-refractivity contribution in [3.8, 4) is 0 Å². The van der Waals surface area contributed by atoms with Gasteiger partial charge in [0.15, 0.2) is 0 Å². The molecule has 1 aromatic heterocycles. The first kappa shape index (κ1) is 7.96. The first-order valence-electron chi connectivity index (χ1n) is 3.19. The van der Waals surface area contributed by atoms with Crippen molar-refractivity contribution in [3.63, 3.8) is 0 Å². The Hall–Kier alpha value is -1.14. The van der Waals surface area contributed by atoms with Crippen LogP contribution in [0.25, 0.3) is 0 Å². The van der Waals surface area contributed by atoms with Crippen molar-refractivity contribution >= 4 is 5.95 Å². The first-order valence-corrected chi connectivity index (χ1v) is 3.19. The van der Waals surface area contributed by atoms with E-state index >= 15 is 0 Å². The van der Waals surface area contributed by atoms with E-state index in [0.29, 0.717) is 18.4 Å². The molecule has 0 aliphatic rings. The fraction of sp³-hybridized carbons (Fsp3) is 0.600. The summed E-state index contributed by atoms with van der Waals surface area (Å²) in [6, 6.07) is 0. The smallest absolute Gasteiger partial charge is 0.279 e. The van der Waals surface area contributed by atoms with E-state index in [9.17, 15) is 0 Å². The van der Waals surface area contributed by atoms with Gasteiger partial charge >= 0.3 is 0 Å². The van der Waals surface area contributed by atoms with Crippen molar-refractivity contribution in [3.05, 3.63) is 5.89 Å². The fourth-order valence-electron chi connectivity index (χ4n) is 0.612. The zero-order valence-corrected chi connectivity index (χ0v) is 6.53. The number of nitrogens with zero attached hydrogens (tertiary/aromatic N) is 3. The second-order valence-corrected chi connectivity index (χ2v) is 2.13. The summed E-state index contributed by atoms with van der Waals surface area (Å²) in [5.41, 5.74) is 0. The molecule has 6 heteroatoms. The van der Waals surface area contributed by atoms with Gasteiger partial charge in [-0.05, 0) is 12.2 Å². The Morgan fingerprint density at radius 2 is 2.45 bits per heavy atom. The molecule has 0 spiro atoms. The molecule has 0 saturated carbocycles. The summed E-state index contributed by atoms with van der Waals surface area (Å²) in [6.07, 6.45) is 0. The van der Waals surface area contributed by atoms with Crippen molar-refractivity contribution in [1.29, 1.82) is 0 Å². The van der Waals surface area contributed by atoms with Gasteiger partial charge in [-0.2, -0.15) is 4.98 Å². The lowest BCUT2D eigenvalue weighted by Gasteiger charge is -2.01. The maximum Gasteiger partial charge on any atom is 0.279 e. The minimum absolute atomic E-state index is 0.384. The lowest BCUT2D eigenvalue weighted by atomic mass is 10.6. The number of nitrogens with one attached hydrogen (secondary N) is 1. The lowest BCUT2D eigenvalue weighted by molar-refractivity contribution is 0.371. The highest BCUT2D eigenvalue weighted by atomic mass is 16.5. The molecule has 11 heavy (non-hydrogen) atoms. The van der Waals surface area contributed by atoms with E-state index in [0.717, 1.165) is 0 Å². The number of hydrogen-bond acceptors (Lipinski definition) is 6. The van der Waals surface area contributed by atoms with Crippen molar-refractivity contribution in [2.45, 2.75) is 6.54 Å². The van der Waals surface area contributed by atoms with Crippen LogP contribution in [-0.4, -0.2) is 24.2 Å². The van der Waals surface area contributed by atoms with Crippen LogP contribution in [0.4, 0.5) is 5.95 Å². The van der Waals surface area contributed by atoms with Crippen LogP contribution < -0.4 is 16.2 Å². The van der Waals surface area contributed by atoms with Crippen molar-refractivity contribution < 1.29 is 4.52 Å². The number of rotatable bonds is 3. The summed E-state index contributed by atoms with van der Waals surface area (Å²) < 4.78 is 4.82. The Morgan fingerprint density at radius 1 is 1.73 bits per heavy atom. The summed E-state index contributed by atoms with van der Waals surface area (Å²) in [4.78, 5) is 3.96. The average Bonchev–Trinajstić information content (AvgIpc) is 2.37. The summed E-state index contributed by atoms with van der Waals surface area (Å²) in [5, 5.41) is 7.78. The van der Waals surface area contributed by atoms with Gasteiger partial charge in [-0.15, -0.1) is 0 Å². The summed E-state index contributed by atoms with van der Waals surface area (Å²) in [5.74, 6) is 6.26. The molecule has 1 rings (SSSR count). The highest BCUT2D eigenvalue weighted by Crippen LogP contribution is 2.02. The van der Waals surface area contributed by atoms with Gasteiger partial charge in [0, 0.05) is 7.05 Å². The van der Waals surface area contributed by atoms with E-state index in [-0.39, 0.29) is 0 Å². The second-order valence-electron chi connectivity index (χ2n) is 2.13. The zero-order valence-electron chi connectivity index (χ0n) is 6.53. The zero-order chi connectivity index (χ0) is 8.27. The predicted molar refractivity (Wildman–Crippen MR) is 39.7 cm³/mol. The molecule has 0 aliphatic carbocycles. The number of aromatic nitrogens is 2. The topological polar surface area (TPSA) is 80.2 Å². The molecule has 0 fully saturated rings. The molecule has 62 valence electrons. The molecule has 0 aromatic carbocycles. The molecular formula is C5H11N5O. The van der Waals surface area contributed by atoms with E-state index in [4.69, 9.17) is 10.4 Å². The first-order chi connectivity index (χ1) is 5.24. The molecule has 0 aliphatic heterocycles. The van der Waals surface area contributed by atoms with Gasteiger partial charge in [0.25, 0.3) is 5.95 Å². The van der Waals surface area contributed by atoms with Crippen molar-refractivity contribution in [2.75, 3.05) is 19.1 Å². The van der Waals surface area contributed by atoms with Gasteiger partial charge in [0.2, 0.25) is 5.89 Å². The monoisotopic (exact) mass is 157 g/mol. The molecule has 0 bridgehead atoms. The van der Waals surface area contributed by atoms with Crippen LogP contribution in [-0.2, 0) is 6.54 Å². The molecule has 1 aromatic rings. The molecule has 1 heterocycles. The lowest BCUT2D eigenvalue weighted by Crippen LogP contribution is -2.26. The van der Waals surface area contributed by atoms with E-state index in [1.54, 1.807) is 14.1 Å². The Morgan fingerprint density at radius 3 is 2.91 bits per heavy atom. The normalized spacial score (nSPS) is 10.1. The SMILES string of the molecule is CNCc1nc(N(C)N)no1. The molecule has 0 atom stereocenters. The van der Waals surface area contributed by atoms with Crippen LogP contribution >= 0.6 is 0 Å². The quantitative estimate of drug-likeness (QED) is 0.437. The standard InChI is InChI=1S/C5H11N5O/c1-7-3-4-8-5(9-11-4)10(2)6/h7H,3,6H2,1-2H3. The van der Waals surface area contributed by atoms with Gasteiger partial charge in [0.1, 0.15) is 0 Å². The number of hydrogen-bond donors (Lipinski definition) is 2.